The van der Waals surface area contributed by atoms with Crippen LogP contribution in [0.15, 0.2) is 23.1 Å². The number of nitrogens with zero attached hydrogens (tertiary/aromatic N) is 6. The summed E-state index contributed by atoms with van der Waals surface area (Å²) < 4.78 is 56.4. The van der Waals surface area contributed by atoms with Crippen LogP contribution in [0.5, 0.6) is 0 Å². The molecule has 2 heterocycles. The number of rotatable bonds is 8. The summed E-state index contributed by atoms with van der Waals surface area (Å²) in [5.41, 5.74) is 1.50. The molecule has 0 atom stereocenters. The average molecular weight is 473 g/mol. The molecule has 1 saturated heterocycles. The van der Waals surface area contributed by atoms with E-state index in [0.29, 0.717) is 51.3 Å². The Labute approximate surface area is 185 Å². The third-order valence-corrected chi connectivity index (χ3v) is 9.76. The maximum atomic E-state index is 12.8. The quantitative estimate of drug-likeness (QED) is 0.556. The van der Waals surface area contributed by atoms with Crippen LogP contribution in [0, 0.1) is 0 Å². The number of aromatic nitrogens is 2. The zero-order valence-corrected chi connectivity index (χ0v) is 20.4. The fourth-order valence-electron chi connectivity index (χ4n) is 3.79. The Morgan fingerprint density at radius 3 is 2.16 bits per heavy atom. The van der Waals surface area contributed by atoms with Crippen molar-refractivity contribution in [3.63, 3.8) is 0 Å². The molecular weight excluding hydrogens is 440 g/mol. The minimum absolute atomic E-state index is 0.246. The maximum Gasteiger partial charge on any atom is 0.281 e. The van der Waals surface area contributed by atoms with Gasteiger partial charge in [0.15, 0.2) is 0 Å². The summed E-state index contributed by atoms with van der Waals surface area (Å²) in [5, 5.41) is 0. The van der Waals surface area contributed by atoms with Crippen molar-refractivity contribution in [2.45, 2.75) is 25.3 Å². The summed E-state index contributed by atoms with van der Waals surface area (Å²) >= 11 is 0. The lowest BCUT2D eigenvalue weighted by atomic mass is 10.3. The predicted molar refractivity (Wildman–Crippen MR) is 120 cm³/mol. The van der Waals surface area contributed by atoms with Crippen molar-refractivity contribution in [1.29, 1.82) is 0 Å². The fourth-order valence-corrected chi connectivity index (χ4v) is 6.36. The molecule has 1 aliphatic rings. The molecule has 31 heavy (non-hydrogen) atoms. The average Bonchev–Trinajstić information content (AvgIpc) is 3.04. The van der Waals surface area contributed by atoms with Gasteiger partial charge in [0, 0.05) is 60.4 Å². The minimum Gasteiger partial charge on any atom is -0.330 e. The SMILES string of the molecule is CCN(CC)S(=O)(=O)c1ccc2c(c1)nc(CN1CCN(S(=O)(=O)N(C)C)CC1)n2C. The van der Waals surface area contributed by atoms with Crippen LogP contribution in [-0.4, -0.2) is 97.6 Å². The summed E-state index contributed by atoms with van der Waals surface area (Å²) in [5.74, 6) is 0.816. The first-order chi connectivity index (χ1) is 14.5. The van der Waals surface area contributed by atoms with Gasteiger partial charge in [-0.1, -0.05) is 13.8 Å². The van der Waals surface area contributed by atoms with E-state index in [0.717, 1.165) is 11.3 Å². The Kier molecular flexibility index (Phi) is 7.08. The number of aryl methyl sites for hydroxylation is 1. The molecule has 12 heteroatoms. The van der Waals surface area contributed by atoms with Gasteiger partial charge in [-0.3, -0.25) is 4.90 Å². The van der Waals surface area contributed by atoms with Gasteiger partial charge in [-0.15, -0.1) is 0 Å². The van der Waals surface area contributed by atoms with Gasteiger partial charge >= 0.3 is 0 Å². The number of piperazine rings is 1. The molecule has 10 nitrogen and oxygen atoms in total. The van der Waals surface area contributed by atoms with E-state index in [4.69, 9.17) is 0 Å². The standard InChI is InChI=1S/C19H32N6O4S2/c1-6-24(7-2)30(26,27)16-8-9-18-17(14-16)20-19(22(18)5)15-23-10-12-25(13-11-23)31(28,29)21(3)4/h8-9,14H,6-7,10-13,15H2,1-5H3. The van der Waals surface area contributed by atoms with Gasteiger partial charge in [-0.05, 0) is 18.2 Å². The van der Waals surface area contributed by atoms with Gasteiger partial charge in [-0.25, -0.2) is 13.4 Å². The van der Waals surface area contributed by atoms with Gasteiger partial charge in [0.25, 0.3) is 10.2 Å². The summed E-state index contributed by atoms with van der Waals surface area (Å²) in [7, 11) is -1.95. The molecule has 1 fully saturated rings. The molecule has 1 aromatic carbocycles. The van der Waals surface area contributed by atoms with Gasteiger partial charge in [0.1, 0.15) is 5.82 Å². The van der Waals surface area contributed by atoms with E-state index < -0.39 is 20.2 Å². The zero-order valence-electron chi connectivity index (χ0n) is 18.8. The number of sulfonamides is 1. The number of benzene rings is 1. The van der Waals surface area contributed by atoms with Crippen molar-refractivity contribution in [1.82, 2.24) is 27.4 Å². The van der Waals surface area contributed by atoms with Crippen molar-refractivity contribution >= 4 is 31.3 Å². The van der Waals surface area contributed by atoms with E-state index in [1.807, 2.05) is 25.5 Å². The first-order valence-corrected chi connectivity index (χ1v) is 13.2. The van der Waals surface area contributed by atoms with Crippen molar-refractivity contribution < 1.29 is 16.8 Å². The largest absolute Gasteiger partial charge is 0.330 e. The molecule has 0 spiro atoms. The highest BCUT2D eigenvalue weighted by Gasteiger charge is 2.29. The highest BCUT2D eigenvalue weighted by atomic mass is 32.2. The van der Waals surface area contributed by atoms with E-state index in [9.17, 15) is 16.8 Å². The molecule has 0 N–H and O–H groups in total. The third-order valence-electron chi connectivity index (χ3n) is 5.77. The molecule has 0 saturated carbocycles. The maximum absolute atomic E-state index is 12.8. The monoisotopic (exact) mass is 472 g/mol. The van der Waals surface area contributed by atoms with E-state index in [1.54, 1.807) is 18.2 Å². The first-order valence-electron chi connectivity index (χ1n) is 10.4. The summed E-state index contributed by atoms with van der Waals surface area (Å²) in [6.07, 6.45) is 0. The van der Waals surface area contributed by atoms with Crippen LogP contribution in [0.2, 0.25) is 0 Å². The van der Waals surface area contributed by atoms with Gasteiger partial charge < -0.3 is 4.57 Å². The Bertz CT molecular complexity index is 1130. The van der Waals surface area contributed by atoms with Crippen LogP contribution in [0.3, 0.4) is 0 Å². The third kappa shape index (κ3) is 4.64. The van der Waals surface area contributed by atoms with E-state index in [1.165, 1.54) is 27.0 Å². The fraction of sp³-hybridized carbons (Fsp3) is 0.632. The van der Waals surface area contributed by atoms with Crippen molar-refractivity contribution in [2.75, 3.05) is 53.4 Å². The molecule has 1 aromatic heterocycles. The first kappa shape index (κ1) is 24.1. The lowest BCUT2D eigenvalue weighted by Gasteiger charge is -2.34. The second-order valence-electron chi connectivity index (χ2n) is 7.79. The lowest BCUT2D eigenvalue weighted by Crippen LogP contribution is -2.51. The number of hydrogen-bond donors (Lipinski definition) is 0. The van der Waals surface area contributed by atoms with Crippen LogP contribution in [0.1, 0.15) is 19.7 Å². The second-order valence-corrected chi connectivity index (χ2v) is 11.9. The highest BCUT2D eigenvalue weighted by molar-refractivity contribution is 7.89. The molecule has 0 unspecified atom stereocenters. The smallest absolute Gasteiger partial charge is 0.281 e. The zero-order chi connectivity index (χ0) is 23.0. The topological polar surface area (TPSA) is 99.1 Å². The Hall–Kier alpha value is -1.57. The van der Waals surface area contributed by atoms with Gasteiger partial charge in [0.05, 0.1) is 22.5 Å². The van der Waals surface area contributed by atoms with Crippen LogP contribution in [0.25, 0.3) is 11.0 Å². The van der Waals surface area contributed by atoms with Gasteiger partial charge in [0.2, 0.25) is 10.0 Å². The van der Waals surface area contributed by atoms with E-state index >= 15 is 0 Å². The molecule has 0 radical (unpaired) electrons. The summed E-state index contributed by atoms with van der Waals surface area (Å²) in [4.78, 5) is 7.10. The molecule has 174 valence electrons. The Morgan fingerprint density at radius 1 is 1.00 bits per heavy atom. The van der Waals surface area contributed by atoms with E-state index in [-0.39, 0.29) is 4.90 Å². The van der Waals surface area contributed by atoms with Crippen LogP contribution < -0.4 is 0 Å². The van der Waals surface area contributed by atoms with Crippen molar-refractivity contribution in [3.8, 4) is 0 Å². The normalized spacial score (nSPS) is 17.3. The molecule has 0 bridgehead atoms. The van der Waals surface area contributed by atoms with Crippen LogP contribution in [-0.2, 0) is 33.8 Å². The van der Waals surface area contributed by atoms with Crippen LogP contribution in [0.4, 0.5) is 0 Å². The molecule has 2 aromatic rings. The summed E-state index contributed by atoms with van der Waals surface area (Å²) in [6, 6.07) is 5.06. The summed E-state index contributed by atoms with van der Waals surface area (Å²) in [6.45, 7) is 7.12. The number of fused-ring (bicyclic) bond motifs is 1. The van der Waals surface area contributed by atoms with E-state index in [2.05, 4.69) is 9.88 Å². The highest BCUT2D eigenvalue weighted by Crippen LogP contribution is 2.23. The second kappa shape index (κ2) is 9.12. The van der Waals surface area contributed by atoms with Crippen LogP contribution >= 0.6 is 0 Å². The molecule has 3 rings (SSSR count). The number of hydrogen-bond acceptors (Lipinski definition) is 6. The molecular formula is C19H32N6O4S2. The van der Waals surface area contributed by atoms with Crippen molar-refractivity contribution in [2.24, 2.45) is 7.05 Å². The molecule has 0 aliphatic carbocycles. The Balaban J connectivity index is 1.78. The predicted octanol–water partition coefficient (Wildman–Crippen LogP) is 0.528. The lowest BCUT2D eigenvalue weighted by molar-refractivity contribution is 0.173. The van der Waals surface area contributed by atoms with Gasteiger partial charge in [-0.2, -0.15) is 21.3 Å². The Morgan fingerprint density at radius 2 is 1.61 bits per heavy atom. The minimum atomic E-state index is -3.54. The number of imidazole rings is 1. The molecule has 1 aliphatic heterocycles. The van der Waals surface area contributed by atoms with Crippen molar-refractivity contribution in [3.05, 3.63) is 24.0 Å². The molecule has 0 amide bonds.